The number of methoxy groups -OCH3 is 1. The van der Waals surface area contributed by atoms with Crippen molar-refractivity contribution in [3.8, 4) is 5.75 Å². The van der Waals surface area contributed by atoms with Crippen molar-refractivity contribution in [1.82, 2.24) is 9.62 Å². The summed E-state index contributed by atoms with van der Waals surface area (Å²) in [5.74, 6) is 0.0767. The highest BCUT2D eigenvalue weighted by atomic mass is 32.2. The lowest BCUT2D eigenvalue weighted by molar-refractivity contribution is 0.0300. The molecule has 0 aliphatic carbocycles. The monoisotopic (exact) mass is 418 g/mol. The molecule has 156 valence electrons. The van der Waals surface area contributed by atoms with Crippen molar-refractivity contribution >= 4 is 15.9 Å². The van der Waals surface area contributed by atoms with E-state index in [0.717, 1.165) is 5.56 Å². The van der Waals surface area contributed by atoms with Gasteiger partial charge in [0.2, 0.25) is 10.0 Å². The second-order valence-electron chi connectivity index (χ2n) is 6.76. The van der Waals surface area contributed by atoms with Crippen LogP contribution in [0.15, 0.2) is 53.4 Å². The zero-order valence-electron chi connectivity index (χ0n) is 16.6. The van der Waals surface area contributed by atoms with Crippen LogP contribution in [-0.4, -0.2) is 52.6 Å². The van der Waals surface area contributed by atoms with E-state index >= 15 is 0 Å². The van der Waals surface area contributed by atoms with Crippen molar-refractivity contribution in [2.24, 2.45) is 0 Å². The topological polar surface area (TPSA) is 84.9 Å². The summed E-state index contributed by atoms with van der Waals surface area (Å²) in [4.78, 5) is 14.6. The van der Waals surface area contributed by atoms with Crippen molar-refractivity contribution in [2.75, 3.05) is 33.4 Å². The summed E-state index contributed by atoms with van der Waals surface area (Å²) in [5.41, 5.74) is 1.11. The van der Waals surface area contributed by atoms with Gasteiger partial charge in [0, 0.05) is 19.1 Å². The molecular weight excluding hydrogens is 392 g/mol. The van der Waals surface area contributed by atoms with Crippen LogP contribution in [0.3, 0.4) is 0 Å². The van der Waals surface area contributed by atoms with Gasteiger partial charge in [-0.05, 0) is 30.2 Å². The van der Waals surface area contributed by atoms with Gasteiger partial charge in [-0.3, -0.25) is 4.79 Å². The van der Waals surface area contributed by atoms with Crippen LogP contribution in [0.2, 0.25) is 0 Å². The van der Waals surface area contributed by atoms with E-state index in [9.17, 15) is 13.2 Å². The molecule has 2 aromatic rings. The average Bonchev–Trinajstić information content (AvgIpc) is 2.77. The molecule has 29 heavy (non-hydrogen) atoms. The molecule has 1 heterocycles. The minimum atomic E-state index is -3.83. The fraction of sp³-hybridized carbons (Fsp3) is 0.381. The van der Waals surface area contributed by atoms with E-state index < -0.39 is 10.0 Å². The van der Waals surface area contributed by atoms with Gasteiger partial charge in [-0.25, -0.2) is 13.1 Å². The fourth-order valence-corrected chi connectivity index (χ4v) is 4.62. The fourth-order valence-electron chi connectivity index (χ4n) is 3.29. The molecule has 1 amide bonds. The Hall–Kier alpha value is -2.42. The summed E-state index contributed by atoms with van der Waals surface area (Å²) in [6, 6.07) is 13.4. The molecule has 3 rings (SSSR count). The number of hydrogen-bond acceptors (Lipinski definition) is 5. The van der Waals surface area contributed by atoms with Gasteiger partial charge in [0.1, 0.15) is 5.75 Å². The van der Waals surface area contributed by atoms with Crippen LogP contribution in [0.4, 0.5) is 0 Å². The van der Waals surface area contributed by atoms with E-state index in [1.807, 2.05) is 37.3 Å². The molecule has 7 nitrogen and oxygen atoms in total. The minimum absolute atomic E-state index is 0.0318. The number of sulfonamides is 1. The maximum atomic E-state index is 13.0. The predicted octanol–water partition coefficient (Wildman–Crippen LogP) is 2.60. The largest absolute Gasteiger partial charge is 0.496 e. The van der Waals surface area contributed by atoms with Crippen molar-refractivity contribution in [2.45, 2.75) is 24.3 Å². The van der Waals surface area contributed by atoms with E-state index in [1.165, 1.54) is 25.3 Å². The molecule has 8 heteroatoms. The van der Waals surface area contributed by atoms with Crippen LogP contribution in [0.25, 0.3) is 0 Å². The first kappa shape index (κ1) is 21.3. The second kappa shape index (κ2) is 9.39. The molecule has 1 saturated heterocycles. The van der Waals surface area contributed by atoms with E-state index in [0.29, 0.717) is 38.5 Å². The van der Waals surface area contributed by atoms with Gasteiger partial charge >= 0.3 is 0 Å². The van der Waals surface area contributed by atoms with Crippen LogP contribution in [-0.2, 0) is 14.8 Å². The highest BCUT2D eigenvalue weighted by molar-refractivity contribution is 7.89. The molecule has 2 aromatic carbocycles. The lowest BCUT2D eigenvalue weighted by Crippen LogP contribution is -2.40. The molecule has 1 N–H and O–H groups in total. The number of benzene rings is 2. The summed E-state index contributed by atoms with van der Waals surface area (Å²) in [7, 11) is -2.37. The summed E-state index contributed by atoms with van der Waals surface area (Å²) in [6.07, 6.45) is 0.596. The Morgan fingerprint density at radius 2 is 1.86 bits per heavy atom. The average molecular weight is 419 g/mol. The number of nitrogens with zero attached hydrogens (tertiary/aromatic N) is 1. The first-order valence-corrected chi connectivity index (χ1v) is 11.1. The van der Waals surface area contributed by atoms with Crippen LogP contribution < -0.4 is 9.46 Å². The van der Waals surface area contributed by atoms with E-state index in [-0.39, 0.29) is 22.4 Å². The number of hydrogen-bond donors (Lipinski definition) is 1. The Morgan fingerprint density at radius 3 is 2.48 bits per heavy atom. The van der Waals surface area contributed by atoms with E-state index in [1.54, 1.807) is 4.90 Å². The van der Waals surface area contributed by atoms with Crippen molar-refractivity contribution in [1.29, 1.82) is 0 Å². The molecule has 0 bridgehead atoms. The maximum absolute atomic E-state index is 13.0. The number of rotatable bonds is 7. The summed E-state index contributed by atoms with van der Waals surface area (Å²) < 4.78 is 39.4. The number of morpholine rings is 1. The Morgan fingerprint density at radius 1 is 1.17 bits per heavy atom. The highest BCUT2D eigenvalue weighted by Crippen LogP contribution is 2.26. The molecule has 1 aliphatic rings. The van der Waals surface area contributed by atoms with Gasteiger partial charge in [0.05, 0.1) is 30.8 Å². The zero-order valence-corrected chi connectivity index (χ0v) is 17.4. The summed E-state index contributed by atoms with van der Waals surface area (Å²) >= 11 is 0. The van der Waals surface area contributed by atoms with Crippen LogP contribution >= 0.6 is 0 Å². The first-order chi connectivity index (χ1) is 14.0. The second-order valence-corrected chi connectivity index (χ2v) is 8.47. The first-order valence-electron chi connectivity index (χ1n) is 9.58. The van der Waals surface area contributed by atoms with Crippen LogP contribution in [0.5, 0.6) is 5.75 Å². The number of ether oxygens (including phenoxy) is 2. The Kier molecular flexibility index (Phi) is 6.89. The molecule has 1 atom stereocenters. The van der Waals surface area contributed by atoms with Gasteiger partial charge in [0.15, 0.2) is 0 Å². The van der Waals surface area contributed by atoms with Crippen molar-refractivity contribution < 1.29 is 22.7 Å². The lowest BCUT2D eigenvalue weighted by atomic mass is 10.1. The maximum Gasteiger partial charge on any atom is 0.257 e. The Labute approximate surface area is 171 Å². The van der Waals surface area contributed by atoms with Crippen LogP contribution in [0, 0.1) is 0 Å². The third-order valence-electron chi connectivity index (χ3n) is 4.92. The van der Waals surface area contributed by atoms with E-state index in [4.69, 9.17) is 9.47 Å². The number of carbonyl (C=O) groups is 1. The van der Waals surface area contributed by atoms with Crippen LogP contribution in [0.1, 0.15) is 35.3 Å². The van der Waals surface area contributed by atoms with Crippen molar-refractivity contribution in [3.05, 3.63) is 59.7 Å². The molecular formula is C21H26N2O5S. The van der Waals surface area contributed by atoms with Gasteiger partial charge in [-0.1, -0.05) is 37.3 Å². The van der Waals surface area contributed by atoms with E-state index in [2.05, 4.69) is 4.72 Å². The number of carbonyl (C=O) groups excluding carboxylic acids is 1. The number of amides is 1. The van der Waals surface area contributed by atoms with Gasteiger partial charge in [-0.15, -0.1) is 0 Å². The predicted molar refractivity (Wildman–Crippen MR) is 110 cm³/mol. The lowest BCUT2D eigenvalue weighted by Gasteiger charge is -2.27. The van der Waals surface area contributed by atoms with Crippen molar-refractivity contribution in [3.63, 3.8) is 0 Å². The molecule has 0 saturated carbocycles. The minimum Gasteiger partial charge on any atom is -0.496 e. The SMILES string of the molecule is CC[C@@H](NS(=O)(=O)c1ccc(OC)c(C(=O)N2CCOCC2)c1)c1ccccc1. The normalized spacial score (nSPS) is 15.7. The smallest absolute Gasteiger partial charge is 0.257 e. The zero-order chi connectivity index (χ0) is 20.9. The summed E-state index contributed by atoms with van der Waals surface area (Å²) in [6.45, 7) is 3.76. The van der Waals surface area contributed by atoms with Gasteiger partial charge in [-0.2, -0.15) is 0 Å². The standard InChI is InChI=1S/C21H26N2O5S/c1-3-19(16-7-5-4-6-8-16)22-29(25,26)17-9-10-20(27-2)18(15-17)21(24)23-11-13-28-14-12-23/h4-10,15,19,22H,3,11-14H2,1-2H3/t19-/m1/s1. The molecule has 0 aromatic heterocycles. The molecule has 1 fully saturated rings. The van der Waals surface area contributed by atoms with Gasteiger partial charge in [0.25, 0.3) is 5.91 Å². The highest BCUT2D eigenvalue weighted by Gasteiger charge is 2.26. The number of nitrogens with one attached hydrogen (secondary N) is 1. The quantitative estimate of drug-likeness (QED) is 0.747. The Balaban J connectivity index is 1.90. The third kappa shape index (κ3) is 4.95. The molecule has 0 radical (unpaired) electrons. The van der Waals surface area contributed by atoms with Gasteiger partial charge < -0.3 is 14.4 Å². The Bertz CT molecular complexity index is 941. The summed E-state index contributed by atoms with van der Waals surface area (Å²) in [5, 5.41) is 0. The molecule has 0 spiro atoms. The molecule has 1 aliphatic heterocycles. The molecule has 0 unspecified atom stereocenters. The third-order valence-corrected chi connectivity index (χ3v) is 6.39.